The molecule has 118 valence electrons. The summed E-state index contributed by atoms with van der Waals surface area (Å²) in [5.41, 5.74) is 1.06. The van der Waals surface area contributed by atoms with E-state index in [-0.39, 0.29) is 12.7 Å². The Morgan fingerprint density at radius 3 is 2.77 bits per heavy atom. The first-order valence-corrected chi connectivity index (χ1v) is 7.59. The minimum atomic E-state index is -0.113. The first-order valence-electron chi connectivity index (χ1n) is 7.59. The van der Waals surface area contributed by atoms with E-state index in [4.69, 9.17) is 4.74 Å². The fraction of sp³-hybridized carbons (Fsp3) is 0.500. The van der Waals surface area contributed by atoms with Crippen LogP contribution in [0.15, 0.2) is 30.3 Å². The summed E-state index contributed by atoms with van der Waals surface area (Å²) in [6, 6.07) is 10.4. The predicted octanol–water partition coefficient (Wildman–Crippen LogP) is 1.06. The van der Waals surface area contributed by atoms with E-state index in [0.29, 0.717) is 25.7 Å². The fourth-order valence-electron chi connectivity index (χ4n) is 2.73. The number of benzene rings is 1. The zero-order valence-electron chi connectivity index (χ0n) is 13.0. The van der Waals surface area contributed by atoms with Gasteiger partial charge >= 0.3 is 0 Å². The van der Waals surface area contributed by atoms with Crippen LogP contribution in [0.2, 0.25) is 0 Å². The second kappa shape index (κ2) is 6.56. The maximum Gasteiger partial charge on any atom is 0.163 e. The van der Waals surface area contributed by atoms with E-state index in [1.807, 2.05) is 41.9 Å². The van der Waals surface area contributed by atoms with Crippen LogP contribution in [0.1, 0.15) is 12.7 Å². The summed E-state index contributed by atoms with van der Waals surface area (Å²) in [7, 11) is 1.99. The molecule has 0 aliphatic carbocycles. The molecule has 3 rings (SSSR count). The standard InChI is InChI=1S/C16H22N4O2/c1-12-11-22-14(10-21)8-20(12)9-15-17-18-16(19(15)2)13-6-4-3-5-7-13/h3-7,12,14,21H,8-11H2,1-2H3. The molecule has 1 aliphatic rings. The Morgan fingerprint density at radius 2 is 2.05 bits per heavy atom. The molecular weight excluding hydrogens is 280 g/mol. The van der Waals surface area contributed by atoms with Crippen molar-refractivity contribution in [1.29, 1.82) is 0 Å². The predicted molar refractivity (Wildman–Crippen MR) is 83.1 cm³/mol. The molecule has 1 fully saturated rings. The van der Waals surface area contributed by atoms with Gasteiger partial charge in [0.15, 0.2) is 5.82 Å². The van der Waals surface area contributed by atoms with Crippen molar-refractivity contribution < 1.29 is 9.84 Å². The largest absolute Gasteiger partial charge is 0.394 e. The third kappa shape index (κ3) is 3.04. The van der Waals surface area contributed by atoms with Crippen LogP contribution in [0.4, 0.5) is 0 Å². The molecule has 0 bridgehead atoms. The molecule has 1 N–H and O–H groups in total. The lowest BCUT2D eigenvalue weighted by Gasteiger charge is -2.36. The monoisotopic (exact) mass is 302 g/mol. The highest BCUT2D eigenvalue weighted by Gasteiger charge is 2.27. The first-order chi connectivity index (χ1) is 10.7. The zero-order chi connectivity index (χ0) is 15.5. The Morgan fingerprint density at radius 1 is 1.27 bits per heavy atom. The Hall–Kier alpha value is -1.76. The second-order valence-electron chi connectivity index (χ2n) is 5.78. The molecule has 1 saturated heterocycles. The van der Waals surface area contributed by atoms with E-state index in [9.17, 15) is 5.11 Å². The van der Waals surface area contributed by atoms with E-state index in [2.05, 4.69) is 22.0 Å². The van der Waals surface area contributed by atoms with Crippen LogP contribution >= 0.6 is 0 Å². The molecule has 1 aliphatic heterocycles. The molecule has 2 aromatic rings. The van der Waals surface area contributed by atoms with Crippen molar-refractivity contribution in [3.05, 3.63) is 36.2 Å². The minimum absolute atomic E-state index is 0.0529. The van der Waals surface area contributed by atoms with Gasteiger partial charge in [-0.1, -0.05) is 30.3 Å². The van der Waals surface area contributed by atoms with Gasteiger partial charge in [0.1, 0.15) is 5.82 Å². The number of hydrogen-bond donors (Lipinski definition) is 1. The molecule has 2 heterocycles. The van der Waals surface area contributed by atoms with Gasteiger partial charge in [0.25, 0.3) is 0 Å². The number of nitrogens with zero attached hydrogens (tertiary/aromatic N) is 4. The van der Waals surface area contributed by atoms with Gasteiger partial charge in [-0.2, -0.15) is 0 Å². The summed E-state index contributed by atoms with van der Waals surface area (Å²) < 4.78 is 7.61. The third-order valence-corrected chi connectivity index (χ3v) is 4.18. The van der Waals surface area contributed by atoms with Crippen LogP contribution in [0.25, 0.3) is 11.4 Å². The van der Waals surface area contributed by atoms with E-state index in [0.717, 1.165) is 17.2 Å². The van der Waals surface area contributed by atoms with Gasteiger partial charge in [-0.3, -0.25) is 4.90 Å². The molecule has 0 spiro atoms. The Kier molecular flexibility index (Phi) is 4.52. The van der Waals surface area contributed by atoms with Gasteiger partial charge in [-0.25, -0.2) is 0 Å². The summed E-state index contributed by atoms with van der Waals surface area (Å²) in [6.07, 6.45) is -0.113. The summed E-state index contributed by atoms with van der Waals surface area (Å²) in [5.74, 6) is 1.79. The molecule has 22 heavy (non-hydrogen) atoms. The van der Waals surface area contributed by atoms with Crippen LogP contribution < -0.4 is 0 Å². The van der Waals surface area contributed by atoms with Crippen molar-refractivity contribution in [2.45, 2.75) is 25.6 Å². The first kappa shape index (κ1) is 15.1. The summed E-state index contributed by atoms with van der Waals surface area (Å²) in [4.78, 5) is 2.28. The fourth-order valence-corrected chi connectivity index (χ4v) is 2.73. The van der Waals surface area contributed by atoms with E-state index in [1.54, 1.807) is 0 Å². The van der Waals surface area contributed by atoms with E-state index in [1.165, 1.54) is 0 Å². The molecule has 0 radical (unpaired) electrons. The Bertz CT molecular complexity index is 614. The number of aromatic nitrogens is 3. The lowest BCUT2D eigenvalue weighted by atomic mass is 10.2. The van der Waals surface area contributed by atoms with Crippen molar-refractivity contribution in [3.63, 3.8) is 0 Å². The number of hydrogen-bond acceptors (Lipinski definition) is 5. The molecule has 6 heteroatoms. The second-order valence-corrected chi connectivity index (χ2v) is 5.78. The molecule has 6 nitrogen and oxygen atoms in total. The van der Waals surface area contributed by atoms with Crippen LogP contribution in [0.3, 0.4) is 0 Å². The Labute approximate surface area is 130 Å². The van der Waals surface area contributed by atoms with Crippen molar-refractivity contribution >= 4 is 0 Å². The number of rotatable bonds is 4. The molecule has 0 amide bonds. The van der Waals surface area contributed by atoms with Gasteiger partial charge in [0.05, 0.1) is 25.9 Å². The normalized spacial score (nSPS) is 22.9. The third-order valence-electron chi connectivity index (χ3n) is 4.18. The number of morpholine rings is 1. The van der Waals surface area contributed by atoms with Crippen LogP contribution in [0.5, 0.6) is 0 Å². The summed E-state index contributed by atoms with van der Waals surface area (Å²) in [5, 5.41) is 17.9. The lowest BCUT2D eigenvalue weighted by Crippen LogP contribution is -2.49. The van der Waals surface area contributed by atoms with Crippen molar-refractivity contribution in [2.24, 2.45) is 7.05 Å². The van der Waals surface area contributed by atoms with Gasteiger partial charge < -0.3 is 14.4 Å². The maximum atomic E-state index is 9.28. The van der Waals surface area contributed by atoms with Gasteiger partial charge in [0.2, 0.25) is 0 Å². The number of ether oxygens (including phenoxy) is 1. The maximum absolute atomic E-state index is 9.28. The number of aliphatic hydroxyl groups is 1. The highest BCUT2D eigenvalue weighted by atomic mass is 16.5. The van der Waals surface area contributed by atoms with E-state index >= 15 is 0 Å². The van der Waals surface area contributed by atoms with Crippen LogP contribution in [-0.2, 0) is 18.3 Å². The molecule has 0 saturated carbocycles. The Balaban J connectivity index is 1.77. The van der Waals surface area contributed by atoms with Crippen molar-refractivity contribution in [1.82, 2.24) is 19.7 Å². The SMILES string of the molecule is CC1COC(CO)CN1Cc1nnc(-c2ccccc2)n1C. The zero-order valence-corrected chi connectivity index (χ0v) is 13.0. The van der Waals surface area contributed by atoms with Gasteiger partial charge in [-0.15, -0.1) is 10.2 Å². The van der Waals surface area contributed by atoms with Gasteiger partial charge in [0, 0.05) is 25.2 Å². The van der Waals surface area contributed by atoms with Gasteiger partial charge in [-0.05, 0) is 6.92 Å². The van der Waals surface area contributed by atoms with Crippen LogP contribution in [-0.4, -0.2) is 56.7 Å². The molecular formula is C16H22N4O2. The molecule has 2 unspecified atom stereocenters. The summed E-state index contributed by atoms with van der Waals surface area (Å²) >= 11 is 0. The average molecular weight is 302 g/mol. The smallest absolute Gasteiger partial charge is 0.163 e. The minimum Gasteiger partial charge on any atom is -0.394 e. The lowest BCUT2D eigenvalue weighted by molar-refractivity contribution is -0.0813. The quantitative estimate of drug-likeness (QED) is 0.915. The van der Waals surface area contributed by atoms with Crippen molar-refractivity contribution in [2.75, 3.05) is 19.8 Å². The molecule has 1 aromatic heterocycles. The van der Waals surface area contributed by atoms with Crippen molar-refractivity contribution in [3.8, 4) is 11.4 Å². The number of aliphatic hydroxyl groups excluding tert-OH is 1. The highest BCUT2D eigenvalue weighted by molar-refractivity contribution is 5.54. The van der Waals surface area contributed by atoms with Crippen LogP contribution in [0, 0.1) is 0 Å². The molecule has 2 atom stereocenters. The highest BCUT2D eigenvalue weighted by Crippen LogP contribution is 2.19. The molecule has 1 aromatic carbocycles. The van der Waals surface area contributed by atoms with E-state index < -0.39 is 0 Å². The average Bonchev–Trinajstić information content (AvgIpc) is 2.91. The summed E-state index contributed by atoms with van der Waals surface area (Å²) in [6.45, 7) is 4.23. The topological polar surface area (TPSA) is 63.4 Å².